The molecule has 1 fully saturated rings. The molecule has 0 heterocycles. The van der Waals surface area contributed by atoms with Crippen molar-refractivity contribution in [2.45, 2.75) is 58.9 Å². The van der Waals surface area contributed by atoms with Gasteiger partial charge in [0.1, 0.15) is 6.04 Å². The van der Waals surface area contributed by atoms with Crippen molar-refractivity contribution < 1.29 is 9.53 Å². The van der Waals surface area contributed by atoms with E-state index in [0.29, 0.717) is 0 Å². The third-order valence-electron chi connectivity index (χ3n) is 4.75. The van der Waals surface area contributed by atoms with Crippen LogP contribution in [0.25, 0.3) is 0 Å². The van der Waals surface area contributed by atoms with Crippen molar-refractivity contribution in [3.8, 4) is 0 Å². The molecule has 16 heavy (non-hydrogen) atoms. The molecule has 1 aliphatic rings. The number of ether oxygens (including phenoxy) is 1. The highest BCUT2D eigenvalue weighted by Crippen LogP contribution is 2.50. The monoisotopic (exact) mass is 227 g/mol. The molecule has 0 bridgehead atoms. The molecule has 2 N–H and O–H groups in total. The SMILES string of the molecule is COC(=O)C(N)C(C)(C)C1(C)CCCCC1. The van der Waals surface area contributed by atoms with Crippen LogP contribution in [0.15, 0.2) is 0 Å². The van der Waals surface area contributed by atoms with Gasteiger partial charge in [-0.2, -0.15) is 0 Å². The van der Waals surface area contributed by atoms with Crippen LogP contribution in [0.3, 0.4) is 0 Å². The summed E-state index contributed by atoms with van der Waals surface area (Å²) in [6.07, 6.45) is 6.11. The summed E-state index contributed by atoms with van der Waals surface area (Å²) in [4.78, 5) is 11.6. The topological polar surface area (TPSA) is 52.3 Å². The zero-order valence-corrected chi connectivity index (χ0v) is 11.0. The van der Waals surface area contributed by atoms with Crippen LogP contribution in [0.2, 0.25) is 0 Å². The van der Waals surface area contributed by atoms with Crippen LogP contribution < -0.4 is 5.73 Å². The van der Waals surface area contributed by atoms with E-state index in [0.717, 1.165) is 12.8 Å². The number of methoxy groups -OCH3 is 1. The molecule has 0 aromatic rings. The Morgan fingerprint density at radius 2 is 1.81 bits per heavy atom. The van der Waals surface area contributed by atoms with Crippen LogP contribution in [0.1, 0.15) is 52.9 Å². The van der Waals surface area contributed by atoms with E-state index in [1.165, 1.54) is 26.4 Å². The first-order valence-corrected chi connectivity index (χ1v) is 6.18. The second-order valence-electron chi connectivity index (χ2n) is 5.84. The van der Waals surface area contributed by atoms with Gasteiger partial charge < -0.3 is 10.5 Å². The Morgan fingerprint density at radius 3 is 2.25 bits per heavy atom. The third kappa shape index (κ3) is 2.24. The van der Waals surface area contributed by atoms with Gasteiger partial charge in [-0.05, 0) is 23.7 Å². The molecule has 1 saturated carbocycles. The Kier molecular flexibility index (Phi) is 4.00. The minimum atomic E-state index is -0.527. The van der Waals surface area contributed by atoms with E-state index in [2.05, 4.69) is 20.8 Å². The molecule has 0 aliphatic heterocycles. The normalized spacial score (nSPS) is 22.6. The lowest BCUT2D eigenvalue weighted by molar-refractivity contribution is -0.148. The Labute approximate surface area is 98.7 Å². The number of hydrogen-bond donors (Lipinski definition) is 1. The van der Waals surface area contributed by atoms with E-state index in [9.17, 15) is 4.79 Å². The van der Waals surface area contributed by atoms with Gasteiger partial charge in [0.2, 0.25) is 0 Å². The molecular weight excluding hydrogens is 202 g/mol. The smallest absolute Gasteiger partial charge is 0.323 e. The van der Waals surface area contributed by atoms with Crippen molar-refractivity contribution in [2.24, 2.45) is 16.6 Å². The predicted octanol–water partition coefficient (Wildman–Crippen LogP) is 2.48. The van der Waals surface area contributed by atoms with Crippen molar-refractivity contribution in [2.75, 3.05) is 7.11 Å². The van der Waals surface area contributed by atoms with Crippen LogP contribution in [-0.2, 0) is 9.53 Å². The maximum absolute atomic E-state index is 11.6. The summed E-state index contributed by atoms with van der Waals surface area (Å²) in [5, 5.41) is 0. The standard InChI is InChI=1S/C13H25NO2/c1-12(2,10(14)11(15)16-4)13(3)8-6-5-7-9-13/h10H,5-9,14H2,1-4H3. The van der Waals surface area contributed by atoms with E-state index < -0.39 is 6.04 Å². The van der Waals surface area contributed by atoms with Gasteiger partial charge in [-0.3, -0.25) is 4.79 Å². The Morgan fingerprint density at radius 1 is 1.31 bits per heavy atom. The lowest BCUT2D eigenvalue weighted by atomic mass is 9.57. The van der Waals surface area contributed by atoms with Crippen LogP contribution in [0.5, 0.6) is 0 Å². The second kappa shape index (κ2) is 4.74. The lowest BCUT2D eigenvalue weighted by Gasteiger charge is -2.49. The van der Waals surface area contributed by atoms with E-state index >= 15 is 0 Å². The Hall–Kier alpha value is -0.570. The summed E-state index contributed by atoms with van der Waals surface area (Å²) in [5.41, 5.74) is 5.99. The van der Waals surface area contributed by atoms with Crippen LogP contribution >= 0.6 is 0 Å². The molecule has 1 aliphatic carbocycles. The molecule has 0 aromatic heterocycles. The zero-order valence-electron chi connectivity index (χ0n) is 11.0. The van der Waals surface area contributed by atoms with Gasteiger partial charge in [-0.25, -0.2) is 0 Å². The molecule has 0 aromatic carbocycles. The Balaban J connectivity index is 2.85. The van der Waals surface area contributed by atoms with Crippen LogP contribution in [0.4, 0.5) is 0 Å². The minimum absolute atomic E-state index is 0.152. The third-order valence-corrected chi connectivity index (χ3v) is 4.75. The fourth-order valence-electron chi connectivity index (χ4n) is 2.77. The highest BCUT2D eigenvalue weighted by Gasteiger charge is 2.47. The van der Waals surface area contributed by atoms with Crippen LogP contribution in [-0.4, -0.2) is 19.1 Å². The number of esters is 1. The molecule has 0 amide bonds. The molecule has 94 valence electrons. The van der Waals surface area contributed by atoms with Crippen molar-refractivity contribution in [1.82, 2.24) is 0 Å². The highest BCUT2D eigenvalue weighted by molar-refractivity contribution is 5.76. The number of rotatable bonds is 3. The molecule has 0 spiro atoms. The molecule has 0 saturated heterocycles. The summed E-state index contributed by atoms with van der Waals surface area (Å²) in [6, 6.07) is -0.527. The lowest BCUT2D eigenvalue weighted by Crippen LogP contribution is -2.53. The summed E-state index contributed by atoms with van der Waals surface area (Å²) < 4.78 is 4.77. The van der Waals surface area contributed by atoms with E-state index in [4.69, 9.17) is 10.5 Å². The summed E-state index contributed by atoms with van der Waals surface area (Å²) in [7, 11) is 1.40. The van der Waals surface area contributed by atoms with Gasteiger partial charge >= 0.3 is 5.97 Å². The van der Waals surface area contributed by atoms with E-state index in [1.54, 1.807) is 0 Å². The number of carbonyl (C=O) groups excluding carboxylic acids is 1. The molecule has 3 nitrogen and oxygen atoms in total. The number of nitrogens with two attached hydrogens (primary N) is 1. The maximum Gasteiger partial charge on any atom is 0.323 e. The van der Waals surface area contributed by atoms with Crippen molar-refractivity contribution >= 4 is 5.97 Å². The van der Waals surface area contributed by atoms with E-state index in [1.807, 2.05) is 0 Å². The number of hydrogen-bond acceptors (Lipinski definition) is 3. The zero-order chi connectivity index (χ0) is 12.4. The van der Waals surface area contributed by atoms with Gasteiger partial charge in [0.05, 0.1) is 7.11 Å². The molecule has 1 atom stereocenters. The summed E-state index contributed by atoms with van der Waals surface area (Å²) in [6.45, 7) is 6.45. The van der Waals surface area contributed by atoms with E-state index in [-0.39, 0.29) is 16.8 Å². The van der Waals surface area contributed by atoms with Gasteiger partial charge in [0.25, 0.3) is 0 Å². The van der Waals surface area contributed by atoms with Gasteiger partial charge in [-0.1, -0.05) is 40.0 Å². The largest absolute Gasteiger partial charge is 0.468 e. The fraction of sp³-hybridized carbons (Fsp3) is 0.923. The van der Waals surface area contributed by atoms with Gasteiger partial charge in [0.15, 0.2) is 0 Å². The molecule has 3 heteroatoms. The first kappa shape index (κ1) is 13.5. The second-order valence-corrected chi connectivity index (χ2v) is 5.84. The highest BCUT2D eigenvalue weighted by atomic mass is 16.5. The summed E-state index contributed by atoms with van der Waals surface area (Å²) in [5.74, 6) is -0.295. The van der Waals surface area contributed by atoms with Crippen molar-refractivity contribution in [1.29, 1.82) is 0 Å². The van der Waals surface area contributed by atoms with Crippen molar-refractivity contribution in [3.05, 3.63) is 0 Å². The summed E-state index contributed by atoms with van der Waals surface area (Å²) >= 11 is 0. The molecule has 0 radical (unpaired) electrons. The predicted molar refractivity (Wildman–Crippen MR) is 65.0 cm³/mol. The quantitative estimate of drug-likeness (QED) is 0.754. The average molecular weight is 227 g/mol. The maximum atomic E-state index is 11.6. The number of carbonyl (C=O) groups is 1. The first-order chi connectivity index (χ1) is 7.35. The van der Waals surface area contributed by atoms with Gasteiger partial charge in [0, 0.05) is 0 Å². The van der Waals surface area contributed by atoms with Gasteiger partial charge in [-0.15, -0.1) is 0 Å². The average Bonchev–Trinajstić information content (AvgIpc) is 2.27. The minimum Gasteiger partial charge on any atom is -0.468 e. The molecular formula is C13H25NO2. The van der Waals surface area contributed by atoms with Crippen LogP contribution in [0, 0.1) is 10.8 Å². The Bertz CT molecular complexity index is 255. The van der Waals surface area contributed by atoms with Crippen molar-refractivity contribution in [3.63, 3.8) is 0 Å². The molecule has 1 unspecified atom stereocenters. The first-order valence-electron chi connectivity index (χ1n) is 6.18. The molecule has 1 rings (SSSR count). The fourth-order valence-corrected chi connectivity index (χ4v) is 2.77.